The SMILES string of the molecule is CCCCCCC/C=C\C/C=C\CCCCCCCCCCCCCC(=O)NC(COC1OC(CO)C(O)C(O)C1O)C(O)/C=C/CC/C=C/CCCCCCCCCCCCCCCCCCCCCCCCCCCCC. The molecule has 464 valence electrons. The van der Waals surface area contributed by atoms with Gasteiger partial charge >= 0.3 is 0 Å². The summed E-state index contributed by atoms with van der Waals surface area (Å²) in [5.74, 6) is -0.185. The number of aliphatic hydroxyl groups excluding tert-OH is 5. The zero-order valence-corrected chi connectivity index (χ0v) is 51.9. The first-order chi connectivity index (χ1) is 38.8. The van der Waals surface area contributed by atoms with Crippen molar-refractivity contribution >= 4 is 5.91 Å². The Morgan fingerprint density at radius 2 is 0.759 bits per heavy atom. The van der Waals surface area contributed by atoms with Crippen molar-refractivity contribution in [1.82, 2.24) is 5.32 Å². The fraction of sp³-hybridized carbons (Fsp3) is 0.871. The molecule has 6 N–H and O–H groups in total. The van der Waals surface area contributed by atoms with E-state index < -0.39 is 49.5 Å². The van der Waals surface area contributed by atoms with Gasteiger partial charge in [-0.1, -0.05) is 313 Å². The molecule has 0 aromatic heterocycles. The summed E-state index contributed by atoms with van der Waals surface area (Å²) >= 11 is 0. The third-order valence-electron chi connectivity index (χ3n) is 16.4. The van der Waals surface area contributed by atoms with Crippen LogP contribution in [0.1, 0.15) is 335 Å². The van der Waals surface area contributed by atoms with E-state index in [1.807, 2.05) is 6.08 Å². The zero-order chi connectivity index (χ0) is 57.2. The highest BCUT2D eigenvalue weighted by Gasteiger charge is 2.44. The molecule has 1 aliphatic rings. The fourth-order valence-electron chi connectivity index (χ4n) is 11.0. The maximum Gasteiger partial charge on any atom is 0.220 e. The van der Waals surface area contributed by atoms with Gasteiger partial charge in [-0.3, -0.25) is 4.79 Å². The molecule has 9 nitrogen and oxygen atoms in total. The molecule has 1 saturated heterocycles. The second-order valence-corrected chi connectivity index (χ2v) is 24.0. The third-order valence-corrected chi connectivity index (χ3v) is 16.4. The van der Waals surface area contributed by atoms with E-state index in [1.54, 1.807) is 6.08 Å². The van der Waals surface area contributed by atoms with E-state index in [4.69, 9.17) is 9.47 Å². The maximum absolute atomic E-state index is 13.1. The van der Waals surface area contributed by atoms with E-state index in [0.29, 0.717) is 6.42 Å². The molecule has 9 heteroatoms. The van der Waals surface area contributed by atoms with Crippen LogP contribution in [0, 0.1) is 0 Å². The highest BCUT2D eigenvalue weighted by atomic mass is 16.7. The van der Waals surface area contributed by atoms with Gasteiger partial charge in [0.1, 0.15) is 24.4 Å². The van der Waals surface area contributed by atoms with Gasteiger partial charge in [-0.25, -0.2) is 0 Å². The van der Waals surface area contributed by atoms with E-state index in [-0.39, 0.29) is 12.5 Å². The van der Waals surface area contributed by atoms with Gasteiger partial charge in [0, 0.05) is 6.42 Å². The second-order valence-electron chi connectivity index (χ2n) is 24.0. The molecule has 0 aromatic rings. The van der Waals surface area contributed by atoms with Crippen LogP contribution in [-0.2, 0) is 14.3 Å². The number of rotatable bonds is 60. The highest BCUT2D eigenvalue weighted by molar-refractivity contribution is 5.76. The number of carbonyl (C=O) groups excluding carboxylic acids is 1. The predicted octanol–water partition coefficient (Wildman–Crippen LogP) is 18.4. The largest absolute Gasteiger partial charge is 0.394 e. The van der Waals surface area contributed by atoms with Crippen LogP contribution < -0.4 is 5.32 Å². The van der Waals surface area contributed by atoms with Crippen LogP contribution in [0.15, 0.2) is 48.6 Å². The van der Waals surface area contributed by atoms with Gasteiger partial charge in [-0.2, -0.15) is 0 Å². The smallest absolute Gasteiger partial charge is 0.220 e. The summed E-state index contributed by atoms with van der Waals surface area (Å²) in [7, 11) is 0. The Balaban J connectivity index is 2.15. The van der Waals surface area contributed by atoms with Crippen molar-refractivity contribution in [3.8, 4) is 0 Å². The summed E-state index contributed by atoms with van der Waals surface area (Å²) in [5, 5.41) is 54.7. The Bertz CT molecular complexity index is 1380. The summed E-state index contributed by atoms with van der Waals surface area (Å²) in [4.78, 5) is 13.1. The molecule has 79 heavy (non-hydrogen) atoms. The summed E-state index contributed by atoms with van der Waals surface area (Å²) in [5.41, 5.74) is 0. The zero-order valence-electron chi connectivity index (χ0n) is 51.9. The third kappa shape index (κ3) is 48.3. The van der Waals surface area contributed by atoms with Crippen LogP contribution in [0.3, 0.4) is 0 Å². The molecule has 7 atom stereocenters. The topological polar surface area (TPSA) is 149 Å². The lowest BCUT2D eigenvalue weighted by Gasteiger charge is -2.40. The van der Waals surface area contributed by atoms with Gasteiger partial charge in [0.15, 0.2) is 6.29 Å². The number of carbonyl (C=O) groups is 1. The highest BCUT2D eigenvalue weighted by Crippen LogP contribution is 2.23. The Labute approximate surface area is 488 Å². The van der Waals surface area contributed by atoms with Crippen molar-refractivity contribution in [3.05, 3.63) is 48.6 Å². The monoisotopic (exact) mass is 1110 g/mol. The number of ether oxygens (including phenoxy) is 2. The van der Waals surface area contributed by atoms with Crippen LogP contribution in [-0.4, -0.2) is 87.5 Å². The van der Waals surface area contributed by atoms with Gasteiger partial charge in [-0.15, -0.1) is 0 Å². The van der Waals surface area contributed by atoms with Crippen molar-refractivity contribution < 1.29 is 39.8 Å². The van der Waals surface area contributed by atoms with E-state index in [9.17, 15) is 30.3 Å². The number of nitrogens with one attached hydrogen (secondary N) is 1. The summed E-state index contributed by atoms with van der Waals surface area (Å²) < 4.78 is 11.3. The molecule has 0 saturated carbocycles. The van der Waals surface area contributed by atoms with Gasteiger partial charge < -0.3 is 40.3 Å². The number of hydrogen-bond donors (Lipinski definition) is 6. The molecule has 1 rings (SSSR count). The number of unbranched alkanes of at least 4 members (excludes halogenated alkanes) is 44. The fourth-order valence-corrected chi connectivity index (χ4v) is 11.0. The van der Waals surface area contributed by atoms with E-state index >= 15 is 0 Å². The first-order valence-corrected chi connectivity index (χ1v) is 34.4. The van der Waals surface area contributed by atoms with Gasteiger partial charge in [-0.05, 0) is 64.2 Å². The standard InChI is InChI=1S/C70H131NO8/c1-3-5-7-9-11-13-15-17-19-21-23-25-27-28-29-30-31-32-33-34-35-36-38-39-41-43-45-47-49-51-53-55-57-59-64(73)63(62-78-70-69(77)68(76)67(75)65(61-72)79-70)71-66(74)60-58-56-54-52-50-48-46-44-42-40-37-26-24-22-20-18-16-14-12-10-8-6-4-2/h16,18,22,24,49,51,57,59,63-65,67-70,72-73,75-77H,3-15,17,19-21,23,25-48,50,52-56,58,60-62H2,1-2H3,(H,71,74)/b18-16-,24-22-,51-49+,59-57+. The molecule has 0 aromatic carbocycles. The average molecular weight is 1110 g/mol. The Morgan fingerprint density at radius 1 is 0.430 bits per heavy atom. The predicted molar refractivity (Wildman–Crippen MR) is 336 cm³/mol. The van der Waals surface area contributed by atoms with Crippen LogP contribution in [0.5, 0.6) is 0 Å². The van der Waals surface area contributed by atoms with Gasteiger partial charge in [0.25, 0.3) is 0 Å². The molecular formula is C70H131NO8. The molecule has 1 heterocycles. The number of aliphatic hydroxyl groups is 5. The lowest BCUT2D eigenvalue weighted by atomic mass is 9.99. The van der Waals surface area contributed by atoms with E-state index in [0.717, 1.165) is 44.9 Å². The maximum atomic E-state index is 13.1. The molecule has 0 radical (unpaired) electrons. The molecule has 1 aliphatic heterocycles. The van der Waals surface area contributed by atoms with E-state index in [2.05, 4.69) is 55.6 Å². The number of allylic oxidation sites excluding steroid dienone is 7. The van der Waals surface area contributed by atoms with E-state index in [1.165, 1.54) is 270 Å². The molecule has 0 spiro atoms. The Hall–Kier alpha value is -1.85. The van der Waals surface area contributed by atoms with Crippen molar-refractivity contribution in [2.45, 2.75) is 378 Å². The second kappa shape index (κ2) is 59.3. The molecule has 1 fully saturated rings. The normalized spacial score (nSPS) is 18.8. The van der Waals surface area contributed by atoms with Gasteiger partial charge in [0.2, 0.25) is 5.91 Å². The minimum absolute atomic E-state index is 0.185. The minimum Gasteiger partial charge on any atom is -0.394 e. The Morgan fingerprint density at radius 3 is 1.14 bits per heavy atom. The minimum atomic E-state index is -1.57. The molecule has 0 bridgehead atoms. The summed E-state index contributed by atoms with van der Waals surface area (Å²) in [6.45, 7) is 3.79. The number of amides is 1. The van der Waals surface area contributed by atoms with Gasteiger partial charge in [0.05, 0.1) is 25.4 Å². The van der Waals surface area contributed by atoms with Crippen LogP contribution >= 0.6 is 0 Å². The van der Waals surface area contributed by atoms with Crippen LogP contribution in [0.4, 0.5) is 0 Å². The first kappa shape index (κ1) is 75.2. The van der Waals surface area contributed by atoms with Crippen molar-refractivity contribution in [1.29, 1.82) is 0 Å². The summed E-state index contributed by atoms with van der Waals surface area (Å²) in [6, 6.07) is -0.826. The molecular weight excluding hydrogens is 983 g/mol. The molecule has 0 aliphatic carbocycles. The quantitative estimate of drug-likeness (QED) is 0.0261. The van der Waals surface area contributed by atoms with Crippen LogP contribution in [0.25, 0.3) is 0 Å². The first-order valence-electron chi connectivity index (χ1n) is 34.4. The summed E-state index contributed by atoms with van der Waals surface area (Å²) in [6.07, 6.45) is 73.6. The number of hydrogen-bond acceptors (Lipinski definition) is 8. The average Bonchev–Trinajstić information content (AvgIpc) is 3.47. The van der Waals surface area contributed by atoms with Crippen molar-refractivity contribution in [2.75, 3.05) is 13.2 Å². The lowest BCUT2D eigenvalue weighted by Crippen LogP contribution is -2.60. The van der Waals surface area contributed by atoms with Crippen molar-refractivity contribution in [3.63, 3.8) is 0 Å². The Kier molecular flexibility index (Phi) is 56.4. The lowest BCUT2D eigenvalue weighted by molar-refractivity contribution is -0.302. The van der Waals surface area contributed by atoms with Crippen LogP contribution in [0.2, 0.25) is 0 Å². The molecule has 7 unspecified atom stereocenters. The van der Waals surface area contributed by atoms with Crippen molar-refractivity contribution in [2.24, 2.45) is 0 Å². The molecule has 1 amide bonds.